The lowest BCUT2D eigenvalue weighted by Gasteiger charge is -2.42. The molecule has 1 aliphatic carbocycles. The number of hydrogen-bond acceptors (Lipinski definition) is 6. The van der Waals surface area contributed by atoms with Gasteiger partial charge in [-0.15, -0.1) is 0 Å². The van der Waals surface area contributed by atoms with Gasteiger partial charge >= 0.3 is 6.09 Å². The van der Waals surface area contributed by atoms with Crippen molar-refractivity contribution in [1.82, 2.24) is 4.90 Å². The molecule has 1 amide bonds. The third-order valence-electron chi connectivity index (χ3n) is 5.91. The van der Waals surface area contributed by atoms with E-state index in [2.05, 4.69) is 0 Å². The molecule has 30 heavy (non-hydrogen) atoms. The Labute approximate surface area is 180 Å². The molecule has 0 bridgehead atoms. The van der Waals surface area contributed by atoms with E-state index < -0.39 is 0 Å². The van der Waals surface area contributed by atoms with Crippen molar-refractivity contribution in [2.45, 2.75) is 18.9 Å². The molecule has 0 radical (unpaired) electrons. The van der Waals surface area contributed by atoms with Crippen LogP contribution in [-0.4, -0.2) is 53.1 Å². The molecule has 0 fully saturated rings. The second-order valence-corrected chi connectivity index (χ2v) is 7.52. The number of benzene rings is 2. The first kappa shape index (κ1) is 20.5. The summed E-state index contributed by atoms with van der Waals surface area (Å²) in [5, 5.41) is 0.520. The van der Waals surface area contributed by atoms with Crippen LogP contribution in [0.1, 0.15) is 22.7 Å². The van der Waals surface area contributed by atoms with Crippen LogP contribution in [0.15, 0.2) is 12.1 Å². The molecule has 7 nitrogen and oxygen atoms in total. The number of carbonyl (C=O) groups excluding carboxylic acids is 1. The highest BCUT2D eigenvalue weighted by molar-refractivity contribution is 6.33. The Morgan fingerprint density at radius 2 is 1.67 bits per heavy atom. The average Bonchev–Trinajstić information content (AvgIpc) is 2.78. The third-order valence-corrected chi connectivity index (χ3v) is 6.31. The first-order valence-electron chi connectivity index (χ1n) is 9.56. The highest BCUT2D eigenvalue weighted by atomic mass is 35.5. The van der Waals surface area contributed by atoms with E-state index in [1.165, 1.54) is 7.11 Å². The Morgan fingerprint density at radius 1 is 1.00 bits per heavy atom. The molecule has 2 aromatic carbocycles. The number of amides is 1. The maximum atomic E-state index is 12.5. The number of carbonyl (C=O) groups is 1. The Bertz CT molecular complexity index is 1020. The molecule has 160 valence electrons. The van der Waals surface area contributed by atoms with Crippen molar-refractivity contribution >= 4 is 17.7 Å². The van der Waals surface area contributed by atoms with Crippen LogP contribution in [0.2, 0.25) is 5.02 Å². The van der Waals surface area contributed by atoms with Gasteiger partial charge in [0.05, 0.1) is 46.6 Å². The smallest absolute Gasteiger partial charge is 0.410 e. The summed E-state index contributed by atoms with van der Waals surface area (Å²) in [6, 6.07) is 3.65. The molecule has 0 spiro atoms. The summed E-state index contributed by atoms with van der Waals surface area (Å²) >= 11 is 6.74. The van der Waals surface area contributed by atoms with E-state index >= 15 is 0 Å². The van der Waals surface area contributed by atoms with E-state index in [-0.39, 0.29) is 12.1 Å². The largest absolute Gasteiger partial charge is 0.493 e. The molecule has 1 aliphatic heterocycles. The fraction of sp³-hybridized carbons (Fsp3) is 0.409. The Kier molecular flexibility index (Phi) is 5.32. The fourth-order valence-electron chi connectivity index (χ4n) is 4.62. The Balaban J connectivity index is 2.08. The van der Waals surface area contributed by atoms with Crippen LogP contribution >= 0.6 is 11.6 Å². The zero-order valence-electron chi connectivity index (χ0n) is 17.6. The van der Waals surface area contributed by atoms with Gasteiger partial charge in [-0.25, -0.2) is 4.79 Å². The third kappa shape index (κ3) is 2.83. The van der Waals surface area contributed by atoms with E-state index in [9.17, 15) is 4.79 Å². The minimum absolute atomic E-state index is 0.237. The molecule has 2 aliphatic rings. The van der Waals surface area contributed by atoms with E-state index in [1.807, 2.05) is 12.1 Å². The molecule has 0 saturated heterocycles. The van der Waals surface area contributed by atoms with Crippen LogP contribution in [0, 0.1) is 0 Å². The van der Waals surface area contributed by atoms with Gasteiger partial charge in [-0.3, -0.25) is 0 Å². The van der Waals surface area contributed by atoms with Crippen molar-refractivity contribution < 1.29 is 28.5 Å². The molecular weight excluding hydrogens is 410 g/mol. The molecule has 0 saturated carbocycles. The zero-order chi connectivity index (χ0) is 21.6. The molecule has 0 aromatic heterocycles. The summed E-state index contributed by atoms with van der Waals surface area (Å²) in [5.41, 5.74) is 4.74. The summed E-state index contributed by atoms with van der Waals surface area (Å²) in [6.45, 7) is 0.502. The molecule has 2 aromatic rings. The Morgan fingerprint density at radius 3 is 2.27 bits per heavy atom. The SMILES string of the molecule is COC(=O)N1CCc2c(Cl)c(OC)c(OC)c3c2[C@H]1Cc1cc(OC)c(OC)cc1-3. The normalized spacial score (nSPS) is 16.3. The topological polar surface area (TPSA) is 66.5 Å². The van der Waals surface area contributed by atoms with Crippen LogP contribution in [0.3, 0.4) is 0 Å². The quantitative estimate of drug-likeness (QED) is 0.717. The van der Waals surface area contributed by atoms with Crippen LogP contribution < -0.4 is 18.9 Å². The first-order chi connectivity index (χ1) is 14.5. The fourth-order valence-corrected chi connectivity index (χ4v) is 4.98. The summed E-state index contributed by atoms with van der Waals surface area (Å²) in [7, 11) is 7.75. The number of halogens is 1. The molecule has 0 N–H and O–H groups in total. The molecule has 8 heteroatoms. The van der Waals surface area contributed by atoms with Crippen LogP contribution in [-0.2, 0) is 17.6 Å². The molecule has 0 unspecified atom stereocenters. The summed E-state index contributed by atoms with van der Waals surface area (Å²) in [6.07, 6.45) is 0.818. The van der Waals surface area contributed by atoms with Gasteiger partial charge in [0.15, 0.2) is 23.0 Å². The van der Waals surface area contributed by atoms with Gasteiger partial charge < -0.3 is 28.6 Å². The van der Waals surface area contributed by atoms with E-state index in [0.29, 0.717) is 47.4 Å². The lowest BCUT2D eigenvalue weighted by molar-refractivity contribution is 0.100. The van der Waals surface area contributed by atoms with Gasteiger partial charge in [0.25, 0.3) is 0 Å². The number of hydrogen-bond donors (Lipinski definition) is 0. The highest BCUT2D eigenvalue weighted by Gasteiger charge is 2.41. The standard InChI is InChI=1S/C22H24ClNO6/c1-26-15-9-11-8-14-17-12(6-7-24(14)22(25)30-5)19(23)21(29-4)20(28-3)18(17)13(11)10-16(15)27-2/h9-10,14H,6-8H2,1-5H3/t14-/m1/s1. The number of fused-ring (bicyclic) bond motifs is 2. The summed E-state index contributed by atoms with van der Waals surface area (Å²) in [4.78, 5) is 14.3. The van der Waals surface area contributed by atoms with Gasteiger partial charge in [0, 0.05) is 12.1 Å². The minimum atomic E-state index is -0.369. The van der Waals surface area contributed by atoms with Crippen molar-refractivity contribution in [3.8, 4) is 34.1 Å². The highest BCUT2D eigenvalue weighted by Crippen LogP contribution is 2.56. The summed E-state index contributed by atoms with van der Waals surface area (Å²) in [5.74, 6) is 2.26. The predicted octanol–water partition coefficient (Wildman–Crippen LogP) is 4.26. The van der Waals surface area contributed by atoms with Crippen molar-refractivity contribution in [1.29, 1.82) is 0 Å². The molecule has 1 atom stereocenters. The Hall–Kier alpha value is -2.80. The lowest BCUT2D eigenvalue weighted by Crippen LogP contribution is -2.42. The number of methoxy groups -OCH3 is 5. The van der Waals surface area contributed by atoms with Crippen LogP contribution in [0.4, 0.5) is 4.79 Å². The lowest BCUT2D eigenvalue weighted by atomic mass is 9.76. The maximum Gasteiger partial charge on any atom is 0.410 e. The molecule has 1 heterocycles. The molecule has 4 rings (SSSR count). The second-order valence-electron chi connectivity index (χ2n) is 7.15. The van der Waals surface area contributed by atoms with E-state index in [4.69, 9.17) is 35.3 Å². The second kappa shape index (κ2) is 7.80. The predicted molar refractivity (Wildman–Crippen MR) is 112 cm³/mol. The van der Waals surface area contributed by atoms with Gasteiger partial charge in [-0.2, -0.15) is 0 Å². The van der Waals surface area contributed by atoms with E-state index in [0.717, 1.165) is 27.8 Å². The minimum Gasteiger partial charge on any atom is -0.493 e. The van der Waals surface area contributed by atoms with E-state index in [1.54, 1.807) is 33.3 Å². The zero-order valence-corrected chi connectivity index (χ0v) is 18.4. The van der Waals surface area contributed by atoms with Crippen molar-refractivity contribution in [2.75, 3.05) is 42.1 Å². The maximum absolute atomic E-state index is 12.5. The first-order valence-corrected chi connectivity index (χ1v) is 9.94. The van der Waals surface area contributed by atoms with Gasteiger partial charge in [-0.05, 0) is 47.2 Å². The number of nitrogens with zero attached hydrogens (tertiary/aromatic N) is 1. The van der Waals surface area contributed by atoms with Gasteiger partial charge in [-0.1, -0.05) is 11.6 Å². The summed E-state index contributed by atoms with van der Waals surface area (Å²) < 4.78 is 27.5. The monoisotopic (exact) mass is 433 g/mol. The van der Waals surface area contributed by atoms with Crippen LogP contribution in [0.5, 0.6) is 23.0 Å². The number of ether oxygens (including phenoxy) is 5. The van der Waals surface area contributed by atoms with Crippen LogP contribution in [0.25, 0.3) is 11.1 Å². The molecular formula is C22H24ClNO6. The van der Waals surface area contributed by atoms with Crippen molar-refractivity contribution in [3.63, 3.8) is 0 Å². The number of rotatable bonds is 4. The van der Waals surface area contributed by atoms with Crippen molar-refractivity contribution in [2.24, 2.45) is 0 Å². The van der Waals surface area contributed by atoms with Crippen molar-refractivity contribution in [3.05, 3.63) is 33.8 Å². The van der Waals surface area contributed by atoms with Gasteiger partial charge in [0.2, 0.25) is 0 Å². The van der Waals surface area contributed by atoms with Gasteiger partial charge in [0.1, 0.15) is 0 Å². The average molecular weight is 434 g/mol.